The average Bonchev–Trinajstić information content (AvgIpc) is 2.31. The Morgan fingerprint density at radius 1 is 1.28 bits per heavy atom. The Labute approximate surface area is 115 Å². The van der Waals surface area contributed by atoms with Crippen LogP contribution in [0.25, 0.3) is 0 Å². The van der Waals surface area contributed by atoms with Crippen molar-refractivity contribution in [3.8, 4) is 5.75 Å². The summed E-state index contributed by atoms with van der Waals surface area (Å²) in [5.41, 5.74) is 0.883. The Morgan fingerprint density at radius 2 is 1.94 bits per heavy atom. The fourth-order valence-corrected chi connectivity index (χ4v) is 1.79. The maximum Gasteiger partial charge on any atom is 0.171 e. The van der Waals surface area contributed by atoms with Gasteiger partial charge in [-0.05, 0) is 51.5 Å². The first-order valence-electron chi connectivity index (χ1n) is 6.29. The zero-order valence-electron chi connectivity index (χ0n) is 11.5. The predicted octanol–water partition coefficient (Wildman–Crippen LogP) is 3.56. The van der Waals surface area contributed by atoms with Gasteiger partial charge in [-0.2, -0.15) is 0 Å². The van der Waals surface area contributed by atoms with Gasteiger partial charge in [-0.3, -0.25) is 0 Å². The Hall–Kier alpha value is -1.29. The standard InChI is InChI=1S/C14H22N2OS/c1-5-14(3,4)16-13(18)15-11-9-7-8-10-12(11)17-6-2/h7-10H,5-6H2,1-4H3,(H2,15,16,18). The summed E-state index contributed by atoms with van der Waals surface area (Å²) in [7, 11) is 0. The van der Waals surface area contributed by atoms with Crippen molar-refractivity contribution in [1.82, 2.24) is 5.32 Å². The highest BCUT2D eigenvalue weighted by Crippen LogP contribution is 2.23. The summed E-state index contributed by atoms with van der Waals surface area (Å²) in [5.74, 6) is 0.818. The van der Waals surface area contributed by atoms with Gasteiger partial charge < -0.3 is 15.4 Å². The molecule has 0 saturated carbocycles. The fourth-order valence-electron chi connectivity index (χ4n) is 1.40. The van der Waals surface area contributed by atoms with Crippen molar-refractivity contribution in [2.75, 3.05) is 11.9 Å². The van der Waals surface area contributed by atoms with Gasteiger partial charge in [-0.15, -0.1) is 0 Å². The van der Waals surface area contributed by atoms with E-state index in [1.165, 1.54) is 0 Å². The number of anilines is 1. The van der Waals surface area contributed by atoms with E-state index in [1.54, 1.807) is 0 Å². The van der Waals surface area contributed by atoms with Crippen LogP contribution in [-0.4, -0.2) is 17.3 Å². The van der Waals surface area contributed by atoms with Gasteiger partial charge in [0.15, 0.2) is 5.11 Å². The van der Waals surface area contributed by atoms with Crippen molar-refractivity contribution < 1.29 is 4.74 Å². The third kappa shape index (κ3) is 4.53. The molecule has 1 aromatic carbocycles. The number of hydrogen-bond acceptors (Lipinski definition) is 2. The Bertz CT molecular complexity index is 405. The number of thiocarbonyl (C=S) groups is 1. The van der Waals surface area contributed by atoms with Crippen LogP contribution >= 0.6 is 12.2 Å². The van der Waals surface area contributed by atoms with Gasteiger partial charge in [0.05, 0.1) is 12.3 Å². The van der Waals surface area contributed by atoms with E-state index in [0.29, 0.717) is 11.7 Å². The summed E-state index contributed by atoms with van der Waals surface area (Å²) >= 11 is 5.32. The normalized spacial score (nSPS) is 10.9. The van der Waals surface area contributed by atoms with Crippen LogP contribution in [0.2, 0.25) is 0 Å². The fraction of sp³-hybridized carbons (Fsp3) is 0.500. The molecule has 1 aromatic rings. The molecule has 3 nitrogen and oxygen atoms in total. The minimum Gasteiger partial charge on any atom is -0.492 e. The van der Waals surface area contributed by atoms with E-state index in [-0.39, 0.29) is 5.54 Å². The molecule has 0 fully saturated rings. The summed E-state index contributed by atoms with van der Waals surface area (Å²) in [6.07, 6.45) is 1.00. The van der Waals surface area contributed by atoms with E-state index in [1.807, 2.05) is 31.2 Å². The highest BCUT2D eigenvalue weighted by molar-refractivity contribution is 7.80. The molecule has 0 saturated heterocycles. The number of benzene rings is 1. The zero-order valence-corrected chi connectivity index (χ0v) is 12.4. The molecule has 0 amide bonds. The average molecular weight is 266 g/mol. The first kappa shape index (κ1) is 14.8. The lowest BCUT2D eigenvalue weighted by Crippen LogP contribution is -2.44. The van der Waals surface area contributed by atoms with Crippen molar-refractivity contribution in [2.45, 2.75) is 39.7 Å². The molecule has 4 heteroatoms. The molecule has 0 radical (unpaired) electrons. The van der Waals surface area contributed by atoms with Crippen LogP contribution < -0.4 is 15.4 Å². The summed E-state index contributed by atoms with van der Waals surface area (Å²) < 4.78 is 5.54. The van der Waals surface area contributed by atoms with Crippen LogP contribution in [0, 0.1) is 0 Å². The number of hydrogen-bond donors (Lipinski definition) is 2. The topological polar surface area (TPSA) is 33.3 Å². The molecule has 0 unspecified atom stereocenters. The molecule has 2 N–H and O–H groups in total. The lowest BCUT2D eigenvalue weighted by atomic mass is 10.0. The van der Waals surface area contributed by atoms with Crippen molar-refractivity contribution in [1.29, 1.82) is 0 Å². The number of nitrogens with one attached hydrogen (secondary N) is 2. The summed E-state index contributed by atoms with van der Waals surface area (Å²) in [4.78, 5) is 0. The SMILES string of the molecule is CCOc1ccccc1NC(=S)NC(C)(C)CC. The smallest absolute Gasteiger partial charge is 0.171 e. The number of para-hydroxylation sites is 2. The summed E-state index contributed by atoms with van der Waals surface area (Å²) in [5, 5.41) is 7.09. The molecule has 18 heavy (non-hydrogen) atoms. The Morgan fingerprint density at radius 3 is 2.56 bits per heavy atom. The van der Waals surface area contributed by atoms with Gasteiger partial charge in [0.2, 0.25) is 0 Å². The largest absolute Gasteiger partial charge is 0.492 e. The quantitative estimate of drug-likeness (QED) is 0.798. The van der Waals surface area contributed by atoms with Gasteiger partial charge in [0.1, 0.15) is 5.75 Å². The molecule has 1 rings (SSSR count). The van der Waals surface area contributed by atoms with Gasteiger partial charge in [0, 0.05) is 5.54 Å². The van der Waals surface area contributed by atoms with Crippen LogP contribution in [0.1, 0.15) is 34.1 Å². The van der Waals surface area contributed by atoms with Gasteiger partial charge >= 0.3 is 0 Å². The highest BCUT2D eigenvalue weighted by Gasteiger charge is 2.16. The van der Waals surface area contributed by atoms with E-state index >= 15 is 0 Å². The van der Waals surface area contributed by atoms with Crippen LogP contribution in [0.15, 0.2) is 24.3 Å². The zero-order chi connectivity index (χ0) is 13.6. The van der Waals surface area contributed by atoms with Crippen LogP contribution in [0.5, 0.6) is 5.75 Å². The molecule has 0 heterocycles. The molecule has 0 aliphatic carbocycles. The molecular weight excluding hydrogens is 244 g/mol. The molecule has 0 aliphatic heterocycles. The molecule has 0 atom stereocenters. The molecule has 0 spiro atoms. The molecule has 0 aliphatic rings. The predicted molar refractivity (Wildman–Crippen MR) is 81.3 cm³/mol. The second-order valence-corrected chi connectivity index (χ2v) is 5.15. The monoisotopic (exact) mass is 266 g/mol. The molecule has 100 valence electrons. The van der Waals surface area contributed by atoms with E-state index in [9.17, 15) is 0 Å². The number of rotatable bonds is 5. The van der Waals surface area contributed by atoms with Crippen molar-refractivity contribution in [3.63, 3.8) is 0 Å². The van der Waals surface area contributed by atoms with Crippen molar-refractivity contribution in [2.24, 2.45) is 0 Å². The van der Waals surface area contributed by atoms with Crippen LogP contribution in [0.3, 0.4) is 0 Å². The van der Waals surface area contributed by atoms with Crippen LogP contribution in [0.4, 0.5) is 5.69 Å². The Balaban J connectivity index is 2.70. The Kier molecular flexibility index (Phi) is 5.41. The molecule has 0 aromatic heterocycles. The van der Waals surface area contributed by atoms with Gasteiger partial charge in [-0.1, -0.05) is 19.1 Å². The maximum absolute atomic E-state index is 5.54. The second kappa shape index (κ2) is 6.59. The van der Waals surface area contributed by atoms with E-state index in [0.717, 1.165) is 17.9 Å². The lowest BCUT2D eigenvalue weighted by molar-refractivity contribution is 0.342. The van der Waals surface area contributed by atoms with Crippen molar-refractivity contribution in [3.05, 3.63) is 24.3 Å². The van der Waals surface area contributed by atoms with E-state index in [2.05, 4.69) is 31.4 Å². The molecule has 0 bridgehead atoms. The first-order valence-corrected chi connectivity index (χ1v) is 6.70. The van der Waals surface area contributed by atoms with Crippen LogP contribution in [-0.2, 0) is 0 Å². The van der Waals surface area contributed by atoms with E-state index < -0.39 is 0 Å². The minimum atomic E-state index is -0.00929. The molecular formula is C14H22N2OS. The van der Waals surface area contributed by atoms with Crippen molar-refractivity contribution >= 4 is 23.0 Å². The summed E-state index contributed by atoms with van der Waals surface area (Å²) in [6.45, 7) is 8.97. The second-order valence-electron chi connectivity index (χ2n) is 4.75. The van der Waals surface area contributed by atoms with Gasteiger partial charge in [-0.25, -0.2) is 0 Å². The third-order valence-corrected chi connectivity index (χ3v) is 2.98. The first-order chi connectivity index (χ1) is 8.48. The maximum atomic E-state index is 5.54. The highest BCUT2D eigenvalue weighted by atomic mass is 32.1. The lowest BCUT2D eigenvalue weighted by Gasteiger charge is -2.26. The van der Waals surface area contributed by atoms with E-state index in [4.69, 9.17) is 17.0 Å². The minimum absolute atomic E-state index is 0.00929. The third-order valence-electron chi connectivity index (χ3n) is 2.77. The summed E-state index contributed by atoms with van der Waals surface area (Å²) in [6, 6.07) is 7.79. The van der Waals surface area contributed by atoms with Gasteiger partial charge in [0.25, 0.3) is 0 Å². The number of ether oxygens (including phenoxy) is 1.